The maximum Gasteiger partial charge on any atom is 0.250 e. The number of primary amides is 1. The van der Waals surface area contributed by atoms with Crippen molar-refractivity contribution in [2.45, 2.75) is 0 Å². The van der Waals surface area contributed by atoms with E-state index in [1.165, 1.54) is 6.33 Å². The second-order valence-electron chi connectivity index (χ2n) is 4.36. The van der Waals surface area contributed by atoms with Crippen LogP contribution in [0.5, 0.6) is 0 Å². The Kier molecular flexibility index (Phi) is 2.60. The second kappa shape index (κ2) is 4.30. The molecule has 2 heterocycles. The first kappa shape index (κ1) is 12.1. The molecule has 100 valence electrons. The summed E-state index contributed by atoms with van der Waals surface area (Å²) in [6, 6.07) is 5.09. The molecule has 0 unspecified atom stereocenters. The topological polar surface area (TPSA) is 113 Å². The third-order valence-corrected chi connectivity index (χ3v) is 3.16. The van der Waals surface area contributed by atoms with E-state index in [0.717, 1.165) is 5.39 Å². The van der Waals surface area contributed by atoms with Crippen LogP contribution in [0.2, 0.25) is 0 Å². The van der Waals surface area contributed by atoms with Crippen molar-refractivity contribution in [3.05, 3.63) is 36.3 Å². The molecule has 3 rings (SSSR count). The van der Waals surface area contributed by atoms with E-state index < -0.39 is 5.91 Å². The summed E-state index contributed by atoms with van der Waals surface area (Å²) in [5.74, 6) is -0.569. The van der Waals surface area contributed by atoms with E-state index in [1.807, 2.05) is 0 Å². The summed E-state index contributed by atoms with van der Waals surface area (Å²) in [4.78, 5) is 19.8. The molecule has 2 aromatic heterocycles. The maximum absolute atomic E-state index is 11.4. The fraction of sp³-hybridized carbons (Fsp3) is 0.0769. The van der Waals surface area contributed by atoms with Gasteiger partial charge in [-0.1, -0.05) is 12.1 Å². The van der Waals surface area contributed by atoms with Gasteiger partial charge in [-0.25, -0.2) is 9.97 Å². The zero-order valence-electron chi connectivity index (χ0n) is 10.7. The molecule has 0 spiro atoms. The Morgan fingerprint density at radius 2 is 2.10 bits per heavy atom. The number of hydrogen-bond donors (Lipinski definition) is 2. The van der Waals surface area contributed by atoms with E-state index in [0.29, 0.717) is 22.6 Å². The van der Waals surface area contributed by atoms with Crippen LogP contribution in [0.1, 0.15) is 10.4 Å². The first-order valence-electron chi connectivity index (χ1n) is 5.91. The summed E-state index contributed by atoms with van der Waals surface area (Å²) >= 11 is 0. The molecule has 20 heavy (non-hydrogen) atoms. The number of aromatic nitrogens is 4. The van der Waals surface area contributed by atoms with E-state index in [4.69, 9.17) is 11.5 Å². The molecule has 7 heteroatoms. The number of amides is 1. The Bertz CT molecular complexity index is 823. The molecule has 0 atom stereocenters. The zero-order chi connectivity index (χ0) is 14.3. The van der Waals surface area contributed by atoms with E-state index in [2.05, 4.69) is 15.1 Å². The maximum atomic E-state index is 11.4. The fourth-order valence-corrected chi connectivity index (χ4v) is 2.16. The molecule has 0 radical (unpaired) electrons. The number of hydrogen-bond acceptors (Lipinski definition) is 5. The van der Waals surface area contributed by atoms with Gasteiger partial charge in [0, 0.05) is 12.6 Å². The van der Waals surface area contributed by atoms with E-state index >= 15 is 0 Å². The van der Waals surface area contributed by atoms with Crippen LogP contribution in [0.15, 0.2) is 30.7 Å². The number of para-hydroxylation sites is 1. The van der Waals surface area contributed by atoms with Crippen LogP contribution in [0.3, 0.4) is 0 Å². The second-order valence-corrected chi connectivity index (χ2v) is 4.36. The Morgan fingerprint density at radius 3 is 2.85 bits per heavy atom. The minimum atomic E-state index is -0.569. The molecule has 4 N–H and O–H groups in total. The van der Waals surface area contributed by atoms with Gasteiger partial charge in [0.25, 0.3) is 5.91 Å². The number of nitrogens with zero attached hydrogens (tertiary/aromatic N) is 4. The van der Waals surface area contributed by atoms with E-state index in [1.54, 1.807) is 36.1 Å². The zero-order valence-corrected chi connectivity index (χ0v) is 10.7. The highest BCUT2D eigenvalue weighted by Gasteiger charge is 2.15. The van der Waals surface area contributed by atoms with Crippen LogP contribution >= 0.6 is 0 Å². The number of benzene rings is 1. The first-order valence-corrected chi connectivity index (χ1v) is 5.91. The highest BCUT2D eigenvalue weighted by molar-refractivity contribution is 6.03. The van der Waals surface area contributed by atoms with Crippen molar-refractivity contribution < 1.29 is 4.79 Å². The molecule has 0 aliphatic heterocycles. The van der Waals surface area contributed by atoms with Gasteiger partial charge in [0.1, 0.15) is 6.33 Å². The summed E-state index contributed by atoms with van der Waals surface area (Å²) < 4.78 is 1.65. The predicted molar refractivity (Wildman–Crippen MR) is 74.7 cm³/mol. The standard InChI is InChI=1S/C13H12N6O/c1-19-13-9(5-18-19)11(16-6-17-13)7-3-2-4-8(10(7)14)12(15)20/h2-6H,14H2,1H3,(H2,15,20). The molecule has 0 saturated carbocycles. The molecule has 1 amide bonds. The van der Waals surface area contributed by atoms with Crippen molar-refractivity contribution in [2.75, 3.05) is 5.73 Å². The quantitative estimate of drug-likeness (QED) is 0.664. The number of carbonyl (C=O) groups excluding carboxylic acids is 1. The van der Waals surface area contributed by atoms with Crippen molar-refractivity contribution in [3.63, 3.8) is 0 Å². The molecule has 0 saturated heterocycles. The number of fused-ring (bicyclic) bond motifs is 1. The van der Waals surface area contributed by atoms with E-state index in [9.17, 15) is 4.79 Å². The number of carbonyl (C=O) groups is 1. The van der Waals surface area contributed by atoms with Gasteiger partial charge in [-0.2, -0.15) is 5.10 Å². The third kappa shape index (κ3) is 1.68. The highest BCUT2D eigenvalue weighted by atomic mass is 16.1. The summed E-state index contributed by atoms with van der Waals surface area (Å²) in [6.07, 6.45) is 3.11. The number of nitrogen functional groups attached to an aromatic ring is 1. The smallest absolute Gasteiger partial charge is 0.250 e. The molecule has 0 fully saturated rings. The highest BCUT2D eigenvalue weighted by Crippen LogP contribution is 2.31. The number of nitrogens with two attached hydrogens (primary N) is 2. The first-order chi connectivity index (χ1) is 9.59. The molecular formula is C13H12N6O. The molecular weight excluding hydrogens is 256 g/mol. The molecule has 7 nitrogen and oxygen atoms in total. The lowest BCUT2D eigenvalue weighted by atomic mass is 10.0. The Morgan fingerprint density at radius 1 is 1.30 bits per heavy atom. The molecule has 0 aliphatic rings. The van der Waals surface area contributed by atoms with Crippen molar-refractivity contribution in [1.29, 1.82) is 0 Å². The predicted octanol–water partition coefficient (Wildman–Crippen LogP) is 0.711. The Balaban J connectivity index is 2.31. The van der Waals surface area contributed by atoms with Crippen LogP contribution in [-0.2, 0) is 7.05 Å². The average Bonchev–Trinajstić information content (AvgIpc) is 2.81. The van der Waals surface area contributed by atoms with Gasteiger partial charge in [0.15, 0.2) is 5.65 Å². The minimum absolute atomic E-state index is 0.276. The molecule has 0 bridgehead atoms. The van der Waals surface area contributed by atoms with Crippen LogP contribution < -0.4 is 11.5 Å². The number of rotatable bonds is 2. The van der Waals surface area contributed by atoms with Crippen LogP contribution in [0.4, 0.5) is 5.69 Å². The molecule has 1 aromatic carbocycles. The summed E-state index contributed by atoms with van der Waals surface area (Å²) in [7, 11) is 1.79. The van der Waals surface area contributed by atoms with E-state index in [-0.39, 0.29) is 5.56 Å². The molecule has 0 aliphatic carbocycles. The Hall–Kier alpha value is -2.96. The normalized spacial score (nSPS) is 10.8. The van der Waals surface area contributed by atoms with Gasteiger partial charge < -0.3 is 11.5 Å². The van der Waals surface area contributed by atoms with Gasteiger partial charge in [-0.3, -0.25) is 9.48 Å². The molecule has 3 aromatic rings. The SMILES string of the molecule is Cn1ncc2c(-c3cccc(C(N)=O)c3N)ncnc21. The van der Waals surface area contributed by atoms with Gasteiger partial charge in [-0.05, 0) is 6.07 Å². The minimum Gasteiger partial charge on any atom is -0.398 e. The van der Waals surface area contributed by atoms with Gasteiger partial charge in [-0.15, -0.1) is 0 Å². The van der Waals surface area contributed by atoms with Gasteiger partial charge in [0.05, 0.1) is 28.5 Å². The van der Waals surface area contributed by atoms with Crippen molar-refractivity contribution in [3.8, 4) is 11.3 Å². The van der Waals surface area contributed by atoms with Crippen LogP contribution in [0, 0.1) is 0 Å². The van der Waals surface area contributed by atoms with Gasteiger partial charge >= 0.3 is 0 Å². The summed E-state index contributed by atoms with van der Waals surface area (Å²) in [5, 5.41) is 4.92. The monoisotopic (exact) mass is 268 g/mol. The lowest BCUT2D eigenvalue weighted by molar-refractivity contribution is 0.100. The van der Waals surface area contributed by atoms with Crippen LogP contribution in [-0.4, -0.2) is 25.7 Å². The fourth-order valence-electron chi connectivity index (χ4n) is 2.16. The average molecular weight is 268 g/mol. The number of anilines is 1. The largest absolute Gasteiger partial charge is 0.398 e. The van der Waals surface area contributed by atoms with Gasteiger partial charge in [0.2, 0.25) is 0 Å². The lowest BCUT2D eigenvalue weighted by Gasteiger charge is -2.08. The Labute approximate surface area is 114 Å². The number of aryl methyl sites for hydroxylation is 1. The van der Waals surface area contributed by atoms with Crippen molar-refractivity contribution in [2.24, 2.45) is 12.8 Å². The van der Waals surface area contributed by atoms with Crippen LogP contribution in [0.25, 0.3) is 22.3 Å². The van der Waals surface area contributed by atoms with Crippen molar-refractivity contribution >= 4 is 22.6 Å². The third-order valence-electron chi connectivity index (χ3n) is 3.16. The van der Waals surface area contributed by atoms with Crippen molar-refractivity contribution in [1.82, 2.24) is 19.7 Å². The summed E-state index contributed by atoms with van der Waals surface area (Å²) in [5.41, 5.74) is 13.9. The lowest BCUT2D eigenvalue weighted by Crippen LogP contribution is -2.14. The summed E-state index contributed by atoms with van der Waals surface area (Å²) in [6.45, 7) is 0.